The number of aliphatic hydroxyl groups is 1. The van der Waals surface area contributed by atoms with Gasteiger partial charge in [0.1, 0.15) is 5.75 Å². The molecule has 0 aromatic heterocycles. The summed E-state index contributed by atoms with van der Waals surface area (Å²) >= 11 is 1.80. The van der Waals surface area contributed by atoms with Crippen LogP contribution in [0.3, 0.4) is 0 Å². The molecule has 1 saturated heterocycles. The molecule has 1 unspecified atom stereocenters. The maximum atomic E-state index is 10.4. The molecule has 25 heavy (non-hydrogen) atoms. The monoisotopic (exact) mass is 365 g/mol. The highest BCUT2D eigenvalue weighted by molar-refractivity contribution is 7.99. The zero-order valence-electron chi connectivity index (χ0n) is 15.4. The van der Waals surface area contributed by atoms with Crippen molar-refractivity contribution < 1.29 is 9.84 Å². The molecule has 6 heteroatoms. The Bertz CT molecular complexity index is 528. The van der Waals surface area contributed by atoms with Crippen molar-refractivity contribution in [3.63, 3.8) is 0 Å². The van der Waals surface area contributed by atoms with Gasteiger partial charge in [-0.15, -0.1) is 0 Å². The first-order chi connectivity index (χ1) is 12.1. The van der Waals surface area contributed by atoms with E-state index in [1.54, 1.807) is 18.9 Å². The Hall–Kier alpha value is -1.40. The van der Waals surface area contributed by atoms with Gasteiger partial charge in [0.2, 0.25) is 0 Å². The van der Waals surface area contributed by atoms with E-state index in [2.05, 4.69) is 34.7 Å². The first kappa shape index (κ1) is 19.9. The summed E-state index contributed by atoms with van der Waals surface area (Å²) < 4.78 is 5.18. The van der Waals surface area contributed by atoms with Gasteiger partial charge in [-0.1, -0.05) is 12.1 Å². The molecule has 0 bridgehead atoms. The van der Waals surface area contributed by atoms with E-state index in [-0.39, 0.29) is 0 Å². The lowest BCUT2D eigenvalue weighted by atomic mass is 10.1. The molecule has 2 rings (SSSR count). The Morgan fingerprint density at radius 2 is 2.08 bits per heavy atom. The van der Waals surface area contributed by atoms with Crippen molar-refractivity contribution in [2.75, 3.05) is 38.2 Å². The van der Waals surface area contributed by atoms with Gasteiger partial charge >= 0.3 is 0 Å². The normalized spacial score (nSPS) is 20.5. The summed E-state index contributed by atoms with van der Waals surface area (Å²) in [5.74, 6) is 3.52. The van der Waals surface area contributed by atoms with Crippen LogP contribution in [-0.2, 0) is 6.42 Å². The SMILES string of the molecule is CCNC(=NCC1(O)CCSC1)NCCCCc1ccc(OC)cc1. The summed E-state index contributed by atoms with van der Waals surface area (Å²) in [6, 6.07) is 8.27. The van der Waals surface area contributed by atoms with Crippen LogP contribution in [0.15, 0.2) is 29.3 Å². The number of aryl methyl sites for hydroxylation is 1. The number of aliphatic imine (C=N–C) groups is 1. The van der Waals surface area contributed by atoms with Crippen molar-refractivity contribution in [3.8, 4) is 5.75 Å². The van der Waals surface area contributed by atoms with E-state index in [1.807, 2.05) is 12.1 Å². The fraction of sp³-hybridized carbons (Fsp3) is 0.632. The number of nitrogens with one attached hydrogen (secondary N) is 2. The van der Waals surface area contributed by atoms with Gasteiger partial charge in [0, 0.05) is 18.8 Å². The van der Waals surface area contributed by atoms with E-state index < -0.39 is 5.60 Å². The van der Waals surface area contributed by atoms with Crippen LogP contribution in [0.25, 0.3) is 0 Å². The molecule has 1 aliphatic rings. The van der Waals surface area contributed by atoms with Crippen molar-refractivity contribution in [2.24, 2.45) is 4.99 Å². The van der Waals surface area contributed by atoms with Gasteiger partial charge < -0.3 is 20.5 Å². The molecule has 0 amide bonds. The molecule has 0 spiro atoms. The second-order valence-electron chi connectivity index (χ2n) is 6.45. The van der Waals surface area contributed by atoms with E-state index in [4.69, 9.17) is 4.74 Å². The Labute approximate surface area is 155 Å². The lowest BCUT2D eigenvalue weighted by Gasteiger charge is -2.19. The van der Waals surface area contributed by atoms with Crippen molar-refractivity contribution in [1.82, 2.24) is 10.6 Å². The molecule has 1 aliphatic heterocycles. The van der Waals surface area contributed by atoms with Crippen LogP contribution in [0.2, 0.25) is 0 Å². The molecule has 1 atom stereocenters. The number of unbranched alkanes of at least 4 members (excludes halogenated alkanes) is 1. The Morgan fingerprint density at radius 3 is 2.72 bits per heavy atom. The fourth-order valence-corrected chi connectivity index (χ4v) is 4.03. The summed E-state index contributed by atoms with van der Waals surface area (Å²) in [5.41, 5.74) is 0.712. The highest BCUT2D eigenvalue weighted by Crippen LogP contribution is 2.27. The maximum absolute atomic E-state index is 10.4. The molecule has 1 heterocycles. The van der Waals surface area contributed by atoms with E-state index in [1.165, 1.54) is 5.56 Å². The first-order valence-electron chi connectivity index (χ1n) is 9.10. The minimum Gasteiger partial charge on any atom is -0.497 e. The molecule has 1 fully saturated rings. The van der Waals surface area contributed by atoms with Crippen LogP contribution in [0, 0.1) is 0 Å². The molecule has 5 nitrogen and oxygen atoms in total. The smallest absolute Gasteiger partial charge is 0.191 e. The number of benzene rings is 1. The van der Waals surface area contributed by atoms with Gasteiger partial charge in [0.25, 0.3) is 0 Å². The highest BCUT2D eigenvalue weighted by atomic mass is 32.2. The van der Waals surface area contributed by atoms with Crippen LogP contribution >= 0.6 is 11.8 Å². The number of ether oxygens (including phenoxy) is 1. The molecule has 3 N–H and O–H groups in total. The minimum atomic E-state index is -0.624. The summed E-state index contributed by atoms with van der Waals surface area (Å²) in [5, 5.41) is 17.0. The number of methoxy groups -OCH3 is 1. The van der Waals surface area contributed by atoms with E-state index >= 15 is 0 Å². The molecule has 0 saturated carbocycles. The number of rotatable bonds is 9. The summed E-state index contributed by atoms with van der Waals surface area (Å²) in [6.07, 6.45) is 4.11. The third kappa shape index (κ3) is 7.16. The van der Waals surface area contributed by atoms with Crippen molar-refractivity contribution in [2.45, 2.75) is 38.2 Å². The maximum Gasteiger partial charge on any atom is 0.191 e. The highest BCUT2D eigenvalue weighted by Gasteiger charge is 2.31. The summed E-state index contributed by atoms with van der Waals surface area (Å²) in [4.78, 5) is 4.56. The standard InChI is InChI=1S/C19H31N3O2S/c1-3-20-18(22-14-19(23)11-13-25-15-19)21-12-5-4-6-16-7-9-17(24-2)10-8-16/h7-10,23H,3-6,11-15H2,1-2H3,(H2,20,21,22). The van der Waals surface area contributed by atoms with Gasteiger partial charge in [-0.2, -0.15) is 11.8 Å². The molecule has 1 aromatic rings. The predicted molar refractivity (Wildman–Crippen MR) is 107 cm³/mol. The average molecular weight is 366 g/mol. The lowest BCUT2D eigenvalue weighted by Crippen LogP contribution is -2.40. The topological polar surface area (TPSA) is 65.9 Å². The van der Waals surface area contributed by atoms with E-state index in [0.717, 1.165) is 62.0 Å². The van der Waals surface area contributed by atoms with Crippen molar-refractivity contribution >= 4 is 17.7 Å². The van der Waals surface area contributed by atoms with Crippen LogP contribution in [0.4, 0.5) is 0 Å². The zero-order valence-corrected chi connectivity index (χ0v) is 16.2. The third-order valence-corrected chi connectivity index (χ3v) is 5.54. The van der Waals surface area contributed by atoms with Crippen LogP contribution in [0.1, 0.15) is 31.7 Å². The van der Waals surface area contributed by atoms with Gasteiger partial charge in [-0.3, -0.25) is 4.99 Å². The molecule has 1 aromatic carbocycles. The van der Waals surface area contributed by atoms with Crippen LogP contribution in [0.5, 0.6) is 5.75 Å². The number of hydrogen-bond acceptors (Lipinski definition) is 4. The van der Waals surface area contributed by atoms with E-state index in [9.17, 15) is 5.11 Å². The van der Waals surface area contributed by atoms with Gasteiger partial charge in [-0.25, -0.2) is 0 Å². The Morgan fingerprint density at radius 1 is 1.28 bits per heavy atom. The average Bonchev–Trinajstić information content (AvgIpc) is 3.07. The van der Waals surface area contributed by atoms with E-state index in [0.29, 0.717) is 6.54 Å². The minimum absolute atomic E-state index is 0.473. The summed E-state index contributed by atoms with van der Waals surface area (Å²) in [6.45, 7) is 4.24. The van der Waals surface area contributed by atoms with Gasteiger partial charge in [-0.05, 0) is 56.1 Å². The van der Waals surface area contributed by atoms with Crippen molar-refractivity contribution in [1.29, 1.82) is 0 Å². The number of guanidine groups is 1. The summed E-state index contributed by atoms with van der Waals surface area (Å²) in [7, 11) is 1.69. The number of nitrogens with zero attached hydrogens (tertiary/aromatic N) is 1. The van der Waals surface area contributed by atoms with Crippen LogP contribution in [-0.4, -0.2) is 54.9 Å². The predicted octanol–water partition coefficient (Wildman–Crippen LogP) is 2.44. The number of thioether (sulfide) groups is 1. The molecule has 140 valence electrons. The third-order valence-electron chi connectivity index (χ3n) is 4.30. The molecule has 0 radical (unpaired) electrons. The van der Waals surface area contributed by atoms with Crippen LogP contribution < -0.4 is 15.4 Å². The second kappa shape index (κ2) is 10.6. The Balaban J connectivity index is 1.67. The zero-order chi connectivity index (χ0) is 18.0. The van der Waals surface area contributed by atoms with Crippen molar-refractivity contribution in [3.05, 3.63) is 29.8 Å². The first-order valence-corrected chi connectivity index (χ1v) is 10.3. The fourth-order valence-electron chi connectivity index (χ4n) is 2.74. The second-order valence-corrected chi connectivity index (χ2v) is 7.56. The Kier molecular flexibility index (Phi) is 8.41. The molecular formula is C19H31N3O2S. The molecule has 0 aliphatic carbocycles. The van der Waals surface area contributed by atoms with Gasteiger partial charge in [0.05, 0.1) is 19.3 Å². The largest absolute Gasteiger partial charge is 0.497 e. The number of hydrogen-bond donors (Lipinski definition) is 3. The molecular weight excluding hydrogens is 334 g/mol. The quantitative estimate of drug-likeness (QED) is 0.356. The lowest BCUT2D eigenvalue weighted by molar-refractivity contribution is 0.0778. The van der Waals surface area contributed by atoms with Gasteiger partial charge in [0.15, 0.2) is 5.96 Å².